The van der Waals surface area contributed by atoms with Gasteiger partial charge in [-0.2, -0.15) is 0 Å². The smallest absolute Gasteiger partial charge is 0.182 e. The van der Waals surface area contributed by atoms with Crippen LogP contribution in [0.1, 0.15) is 120 Å². The number of ether oxygens (including phenoxy) is 6. The number of hydrogen-bond donors (Lipinski definition) is 0. The molecule has 14 nitrogen and oxygen atoms in total. The molecule has 4 rings (SSSR count). The standard InChI is InChI=1S/C22H31FIN3O4.C22H31FN3O4.3C4H9.Sn/c1-2-27(9-11-30-13-15-31-14-12-29-10-7-23)8-3-4-22(28)21-17-25-20-16-18(24)5-6-19(20)26-21;1-2-26(11-13-29-15-17-30-16-14-28-12-9-23)10-5-8-22(27)21-18-24-19-6-3-4-7-20(19)25-21;3*1-3-4-2;/h5-6,16-17H,2-4,7-15H2,1H3;4,6-7,18H,2,5,8-17H2,1H3;3*1,3-4H2,2H3;/i24+4;;;;;. The van der Waals surface area contributed by atoms with Gasteiger partial charge in [-0.15, -0.1) is 0 Å². The average Bonchev–Trinajstić information content (AvgIpc) is 3.42. The van der Waals surface area contributed by atoms with Gasteiger partial charge in [0, 0.05) is 16.5 Å². The molecular weight excluding hydrogens is 1170 g/mol. The molecule has 0 unspecified atom stereocenters. The predicted molar refractivity (Wildman–Crippen MR) is 305 cm³/mol. The van der Waals surface area contributed by atoms with E-state index in [1.54, 1.807) is 16.0 Å². The maximum atomic E-state index is 13.0. The fourth-order valence-corrected chi connectivity index (χ4v) is 25.0. The van der Waals surface area contributed by atoms with E-state index in [4.69, 9.17) is 38.4 Å². The summed E-state index contributed by atoms with van der Waals surface area (Å²) in [5.74, 6) is 0.0775. The summed E-state index contributed by atoms with van der Waals surface area (Å²) in [6.07, 6.45) is 13.5. The van der Waals surface area contributed by atoms with E-state index in [0.717, 1.165) is 77.7 Å². The van der Waals surface area contributed by atoms with Crippen LogP contribution in [0.3, 0.4) is 0 Å². The average molecular weight is 1260 g/mol. The van der Waals surface area contributed by atoms with Crippen molar-refractivity contribution in [3.05, 3.63) is 63.7 Å². The Kier molecular flexibility index (Phi) is 37.0. The molecule has 0 fully saturated rings. The second kappa shape index (κ2) is 41.6. The minimum Gasteiger partial charge on any atom is -0.378 e. The van der Waals surface area contributed by atoms with Gasteiger partial charge in [0.25, 0.3) is 0 Å². The maximum absolute atomic E-state index is 13.0. The number of benzene rings is 2. The van der Waals surface area contributed by atoms with Crippen molar-refractivity contribution >= 4 is 78.2 Å². The molecule has 2 aromatic carbocycles. The minimum atomic E-state index is -2.54. The Morgan fingerprint density at radius 3 is 1.30 bits per heavy atom. The van der Waals surface area contributed by atoms with E-state index in [-0.39, 0.29) is 24.8 Å². The zero-order chi connectivity index (χ0) is 53.5. The van der Waals surface area contributed by atoms with Crippen molar-refractivity contribution < 1.29 is 46.8 Å². The molecular formula is C56H89F2IN6O8Sn. The van der Waals surface area contributed by atoms with Crippen LogP contribution in [0.15, 0.2) is 48.8 Å². The Hall–Kier alpha value is -2.47. The number of ketones is 2. The van der Waals surface area contributed by atoms with E-state index in [1.807, 2.05) is 18.2 Å². The minimum absolute atomic E-state index is 0.0212. The molecule has 0 atom stereocenters. The first-order valence-corrected chi connectivity index (χ1v) is 36.0. The van der Waals surface area contributed by atoms with E-state index in [1.165, 1.54) is 51.8 Å². The van der Waals surface area contributed by atoms with E-state index >= 15 is 0 Å². The first kappa shape index (κ1) is 65.8. The third-order valence-electron chi connectivity index (χ3n) is 12.9. The Morgan fingerprint density at radius 2 is 0.892 bits per heavy atom. The van der Waals surface area contributed by atoms with Crippen LogP contribution in [0.25, 0.3) is 22.1 Å². The molecule has 0 N–H and O–H groups in total. The van der Waals surface area contributed by atoms with Crippen LogP contribution >= 0.6 is 22.6 Å². The fraction of sp³-hybridized carbons (Fsp3) is 0.679. The number of alkyl halides is 2. The van der Waals surface area contributed by atoms with Gasteiger partial charge in [0.1, 0.15) is 19.0 Å². The van der Waals surface area contributed by atoms with Gasteiger partial charge in [0.2, 0.25) is 0 Å². The second-order valence-electron chi connectivity index (χ2n) is 18.4. The number of likely N-dealkylation sites (N-methyl/N-ethyl adjacent to an activating group) is 2. The van der Waals surface area contributed by atoms with Gasteiger partial charge < -0.3 is 33.3 Å². The van der Waals surface area contributed by atoms with Crippen molar-refractivity contribution in [1.82, 2.24) is 29.7 Å². The van der Waals surface area contributed by atoms with Gasteiger partial charge in [0.05, 0.1) is 96.5 Å². The Bertz CT molecular complexity index is 2100. The van der Waals surface area contributed by atoms with E-state index < -0.39 is 31.7 Å². The molecule has 74 heavy (non-hydrogen) atoms. The van der Waals surface area contributed by atoms with Crippen molar-refractivity contribution in [3.8, 4) is 0 Å². The first-order valence-electron chi connectivity index (χ1n) is 27.5. The zero-order valence-corrected chi connectivity index (χ0v) is 50.5. The van der Waals surface area contributed by atoms with E-state index in [0.29, 0.717) is 90.3 Å². The quantitative estimate of drug-likeness (QED) is 0.0179. The van der Waals surface area contributed by atoms with Crippen LogP contribution in [-0.4, -0.2) is 192 Å². The molecule has 416 valence electrons. The molecule has 4 aromatic rings. The molecule has 0 saturated heterocycles. The van der Waals surface area contributed by atoms with Gasteiger partial charge in [-0.25, -0.2) is 13.8 Å². The molecule has 0 radical (unpaired) electrons. The zero-order valence-electron chi connectivity index (χ0n) is 45.5. The molecule has 18 heteroatoms. The van der Waals surface area contributed by atoms with Crippen molar-refractivity contribution in [1.29, 1.82) is 0 Å². The molecule has 0 aliphatic rings. The molecule has 2 heterocycles. The number of nitrogens with zero attached hydrogens (tertiary/aromatic N) is 6. The number of carbonyl (C=O) groups is 2. The number of hydrogen-bond acceptors (Lipinski definition) is 14. The number of carbonyl (C=O) groups excluding carboxylic acids is 2. The van der Waals surface area contributed by atoms with Crippen LogP contribution in [-0.2, 0) is 28.4 Å². The monoisotopic (exact) mass is 1260 g/mol. The van der Waals surface area contributed by atoms with Crippen molar-refractivity contribution in [2.24, 2.45) is 0 Å². The number of halogens is 3. The fourth-order valence-electron chi connectivity index (χ4n) is 8.57. The summed E-state index contributed by atoms with van der Waals surface area (Å²) in [4.78, 5) is 48.4. The summed E-state index contributed by atoms with van der Waals surface area (Å²) in [5, 5.41) is 0. The maximum Gasteiger partial charge on any atom is 0.182 e. The van der Waals surface area contributed by atoms with Gasteiger partial charge in [-0.3, -0.25) is 9.78 Å². The van der Waals surface area contributed by atoms with Crippen molar-refractivity contribution in [3.63, 3.8) is 0 Å². The Balaban J connectivity index is 0.000000411. The van der Waals surface area contributed by atoms with Crippen LogP contribution < -0.4 is 3.58 Å². The summed E-state index contributed by atoms with van der Waals surface area (Å²) in [5.41, 5.74) is 4.22. The third kappa shape index (κ3) is 26.7. The van der Waals surface area contributed by atoms with E-state index in [9.17, 15) is 18.4 Å². The largest absolute Gasteiger partial charge is 0.378 e. The van der Waals surface area contributed by atoms with Crippen molar-refractivity contribution in [2.75, 3.05) is 132 Å². The Labute approximate surface area is 459 Å². The van der Waals surface area contributed by atoms with Gasteiger partial charge in [0.15, 0.2) is 5.78 Å². The summed E-state index contributed by atoms with van der Waals surface area (Å²) in [6.45, 7) is 20.5. The Morgan fingerprint density at radius 1 is 0.500 bits per heavy atom. The molecule has 0 spiro atoms. The number of Topliss-reactive ketones (excluding diaryl/α,β-unsaturated/α-hetero) is 2. The SMILES string of the molecule is CCC[CH2][Sn]([CH2]CCC)([CH2]CCC)[c]1ccc2nc(C(=O)CCCN(CC)CCOCCOCCOCCF)cnc2c1.CCN(CCCC(=O)c1cnc2cc([131I])ccc2n1)CCOCCOCCOCCF. The van der Waals surface area contributed by atoms with Gasteiger partial charge >= 0.3 is 194 Å². The van der Waals surface area contributed by atoms with Crippen LogP contribution in [0.2, 0.25) is 13.3 Å². The van der Waals surface area contributed by atoms with Crippen LogP contribution in [0.4, 0.5) is 8.78 Å². The normalized spacial score (nSPS) is 11.8. The number of aromatic nitrogens is 4. The molecule has 0 amide bonds. The first-order chi connectivity index (χ1) is 36.2. The van der Waals surface area contributed by atoms with E-state index in [2.05, 4.69) is 95.2 Å². The summed E-state index contributed by atoms with van der Waals surface area (Å²) >= 11 is -0.309. The van der Waals surface area contributed by atoms with Crippen LogP contribution in [0.5, 0.6) is 0 Å². The molecule has 0 aliphatic heterocycles. The van der Waals surface area contributed by atoms with Gasteiger partial charge in [-0.05, 0) is 60.3 Å². The van der Waals surface area contributed by atoms with Crippen LogP contribution in [0, 0.1) is 3.57 Å². The predicted octanol–water partition coefficient (Wildman–Crippen LogP) is 10.5. The number of rotatable bonds is 44. The summed E-state index contributed by atoms with van der Waals surface area (Å²) in [6, 6.07) is 12.6. The summed E-state index contributed by atoms with van der Waals surface area (Å²) in [7, 11) is 0. The molecule has 2 aromatic heterocycles. The molecule has 0 aliphatic carbocycles. The molecule has 0 saturated carbocycles. The van der Waals surface area contributed by atoms with Crippen molar-refractivity contribution in [2.45, 2.75) is 112 Å². The second-order valence-corrected chi connectivity index (χ2v) is 32.9. The summed E-state index contributed by atoms with van der Waals surface area (Å²) < 4.78 is 62.8. The number of fused-ring (bicyclic) bond motifs is 2. The molecule has 0 bridgehead atoms. The third-order valence-corrected chi connectivity index (χ3v) is 29.2. The number of unbranched alkanes of at least 4 members (excludes halogenated alkanes) is 3. The van der Waals surface area contributed by atoms with Gasteiger partial charge in [-0.1, -0.05) is 13.8 Å². The topological polar surface area (TPSA) is 148 Å².